The van der Waals surface area contributed by atoms with E-state index in [2.05, 4.69) is 0 Å². The van der Waals surface area contributed by atoms with E-state index in [4.69, 9.17) is 22.3 Å². The van der Waals surface area contributed by atoms with Crippen LogP contribution in [0.5, 0.6) is 0 Å². The Morgan fingerprint density at radius 3 is 2.09 bits per heavy atom. The molecule has 0 saturated carbocycles. The lowest BCUT2D eigenvalue weighted by Crippen LogP contribution is -2.58. The molecule has 7 N–H and O–H groups in total. The van der Waals surface area contributed by atoms with Gasteiger partial charge in [0.1, 0.15) is 5.78 Å². The number of ketones is 1. The summed E-state index contributed by atoms with van der Waals surface area (Å²) in [6, 6.07) is 0. The van der Waals surface area contributed by atoms with Crippen LogP contribution in [0.15, 0.2) is 0 Å². The Bertz CT molecular complexity index is 178. The number of carboxylic acids is 1. The zero-order valence-corrected chi connectivity index (χ0v) is 5.91. The Morgan fingerprint density at radius 2 is 1.82 bits per heavy atom. The highest BCUT2D eigenvalue weighted by Gasteiger charge is 2.30. The third kappa shape index (κ3) is 3.08. The SMILES string of the molecule is NCC(=O)CC(N)(N)C(=O)O. The summed E-state index contributed by atoms with van der Waals surface area (Å²) in [6.45, 7) is -0.247. The van der Waals surface area contributed by atoms with Gasteiger partial charge in [0.05, 0.1) is 6.54 Å². The van der Waals surface area contributed by atoms with Crippen LogP contribution >= 0.6 is 0 Å². The number of hydrogen-bond acceptors (Lipinski definition) is 5. The molecule has 6 nitrogen and oxygen atoms in total. The van der Waals surface area contributed by atoms with Crippen molar-refractivity contribution in [3.05, 3.63) is 0 Å². The van der Waals surface area contributed by atoms with Crippen molar-refractivity contribution in [2.24, 2.45) is 17.2 Å². The predicted molar refractivity (Wildman–Crippen MR) is 37.4 cm³/mol. The zero-order valence-electron chi connectivity index (χ0n) is 5.91. The van der Waals surface area contributed by atoms with Crippen LogP contribution in [0.2, 0.25) is 0 Å². The quantitative estimate of drug-likeness (QED) is 0.340. The Morgan fingerprint density at radius 1 is 1.36 bits per heavy atom. The van der Waals surface area contributed by atoms with Crippen LogP contribution in [-0.4, -0.2) is 29.1 Å². The van der Waals surface area contributed by atoms with Gasteiger partial charge in [-0.05, 0) is 0 Å². The van der Waals surface area contributed by atoms with Gasteiger partial charge in [0.15, 0.2) is 5.66 Å². The Hall–Kier alpha value is -0.980. The summed E-state index contributed by atoms with van der Waals surface area (Å²) in [4.78, 5) is 20.8. The van der Waals surface area contributed by atoms with Crippen LogP contribution < -0.4 is 17.2 Å². The molecule has 0 rings (SSSR count). The second-order valence-corrected chi connectivity index (χ2v) is 2.27. The number of hydrogen-bond donors (Lipinski definition) is 4. The first-order valence-corrected chi connectivity index (χ1v) is 2.93. The molecule has 0 bridgehead atoms. The van der Waals surface area contributed by atoms with E-state index in [9.17, 15) is 9.59 Å². The molecule has 0 aromatic rings. The second kappa shape index (κ2) is 3.42. The number of aliphatic carboxylic acids is 1. The lowest BCUT2D eigenvalue weighted by molar-refractivity contribution is -0.145. The van der Waals surface area contributed by atoms with E-state index in [1.807, 2.05) is 0 Å². The maximum absolute atomic E-state index is 10.6. The largest absolute Gasteiger partial charge is 0.479 e. The molecule has 0 heterocycles. The lowest BCUT2D eigenvalue weighted by atomic mass is 10.1. The molecule has 0 saturated heterocycles. The minimum absolute atomic E-state index is 0.247. The van der Waals surface area contributed by atoms with Crippen molar-refractivity contribution >= 4 is 11.8 Å². The third-order valence-corrected chi connectivity index (χ3v) is 1.12. The normalized spacial score (nSPS) is 11.2. The molecule has 11 heavy (non-hydrogen) atoms. The highest BCUT2D eigenvalue weighted by Crippen LogP contribution is 1.98. The number of nitrogens with two attached hydrogens (primary N) is 3. The molecule has 64 valence electrons. The first-order valence-electron chi connectivity index (χ1n) is 2.93. The highest BCUT2D eigenvalue weighted by molar-refractivity contribution is 5.89. The topological polar surface area (TPSA) is 132 Å². The predicted octanol–water partition coefficient (Wildman–Crippen LogP) is -2.40. The maximum Gasteiger partial charge on any atom is 0.338 e. The number of rotatable bonds is 4. The molecule has 0 aliphatic carbocycles. The fourth-order valence-corrected chi connectivity index (χ4v) is 0.474. The molecule has 0 radical (unpaired) electrons. The number of carbonyl (C=O) groups is 2. The van der Waals surface area contributed by atoms with E-state index in [0.717, 1.165) is 0 Å². The van der Waals surface area contributed by atoms with E-state index in [-0.39, 0.29) is 6.54 Å². The molecular formula is C5H11N3O3. The van der Waals surface area contributed by atoms with Gasteiger partial charge in [-0.1, -0.05) is 0 Å². The van der Waals surface area contributed by atoms with E-state index in [0.29, 0.717) is 0 Å². The smallest absolute Gasteiger partial charge is 0.338 e. The van der Waals surface area contributed by atoms with Gasteiger partial charge >= 0.3 is 5.97 Å². The van der Waals surface area contributed by atoms with E-state index < -0.39 is 23.8 Å². The average Bonchev–Trinajstić information content (AvgIpc) is 1.86. The average molecular weight is 161 g/mol. The van der Waals surface area contributed by atoms with Gasteiger partial charge < -0.3 is 22.3 Å². The van der Waals surface area contributed by atoms with Crippen LogP contribution in [0.3, 0.4) is 0 Å². The van der Waals surface area contributed by atoms with Crippen LogP contribution in [0, 0.1) is 0 Å². The summed E-state index contributed by atoms with van der Waals surface area (Å²) >= 11 is 0. The van der Waals surface area contributed by atoms with Gasteiger partial charge in [0.2, 0.25) is 0 Å². The molecule has 0 spiro atoms. The van der Waals surface area contributed by atoms with Gasteiger partial charge in [-0.2, -0.15) is 0 Å². The summed E-state index contributed by atoms with van der Waals surface area (Å²) in [5.41, 5.74) is 13.0. The monoisotopic (exact) mass is 161 g/mol. The minimum atomic E-state index is -1.99. The first kappa shape index (κ1) is 10.0. The molecule has 0 aliphatic heterocycles. The lowest BCUT2D eigenvalue weighted by Gasteiger charge is -2.16. The number of carbonyl (C=O) groups excluding carboxylic acids is 1. The van der Waals surface area contributed by atoms with Crippen molar-refractivity contribution in [1.29, 1.82) is 0 Å². The summed E-state index contributed by atoms with van der Waals surface area (Å²) in [6.07, 6.45) is -0.446. The van der Waals surface area contributed by atoms with Crippen molar-refractivity contribution in [2.75, 3.05) is 6.54 Å². The van der Waals surface area contributed by atoms with Crippen LogP contribution in [0.25, 0.3) is 0 Å². The number of Topliss-reactive ketones (excluding diaryl/α,β-unsaturated/α-hetero) is 1. The van der Waals surface area contributed by atoms with Gasteiger partial charge in [-0.25, -0.2) is 4.79 Å². The van der Waals surface area contributed by atoms with E-state index >= 15 is 0 Å². The molecule has 0 unspecified atom stereocenters. The molecule has 0 aromatic carbocycles. The molecule has 6 heteroatoms. The first-order chi connectivity index (χ1) is 4.90. The molecule has 0 fully saturated rings. The minimum Gasteiger partial charge on any atom is -0.479 e. The fraction of sp³-hybridized carbons (Fsp3) is 0.600. The van der Waals surface area contributed by atoms with Crippen molar-refractivity contribution in [3.8, 4) is 0 Å². The number of carboxylic acid groups (broad SMARTS) is 1. The van der Waals surface area contributed by atoms with Crippen LogP contribution in [0.4, 0.5) is 0 Å². The Balaban J connectivity index is 4.12. The summed E-state index contributed by atoms with van der Waals surface area (Å²) in [7, 11) is 0. The van der Waals surface area contributed by atoms with Gasteiger partial charge in [-0.3, -0.25) is 4.79 Å². The van der Waals surface area contributed by atoms with Crippen molar-refractivity contribution in [2.45, 2.75) is 12.1 Å². The van der Waals surface area contributed by atoms with Crippen molar-refractivity contribution in [3.63, 3.8) is 0 Å². The van der Waals surface area contributed by atoms with Gasteiger partial charge in [0.25, 0.3) is 0 Å². The van der Waals surface area contributed by atoms with E-state index in [1.54, 1.807) is 0 Å². The molecule has 0 amide bonds. The summed E-state index contributed by atoms with van der Waals surface area (Å²) in [5.74, 6) is -1.89. The molecule has 0 aromatic heterocycles. The molecular weight excluding hydrogens is 150 g/mol. The van der Waals surface area contributed by atoms with Crippen LogP contribution in [-0.2, 0) is 9.59 Å². The summed E-state index contributed by atoms with van der Waals surface area (Å²) in [5, 5.41) is 8.34. The fourth-order valence-electron chi connectivity index (χ4n) is 0.474. The van der Waals surface area contributed by atoms with Crippen molar-refractivity contribution < 1.29 is 14.7 Å². The van der Waals surface area contributed by atoms with Gasteiger partial charge in [-0.15, -0.1) is 0 Å². The molecule has 0 atom stereocenters. The highest BCUT2D eigenvalue weighted by atomic mass is 16.4. The zero-order chi connectivity index (χ0) is 9.07. The standard InChI is InChI=1S/C5H11N3O3/c6-2-3(9)1-5(7,8)4(10)11/h1-2,6-8H2,(H,10,11). The second-order valence-electron chi connectivity index (χ2n) is 2.27. The van der Waals surface area contributed by atoms with Gasteiger partial charge in [0, 0.05) is 6.42 Å². The maximum atomic E-state index is 10.6. The van der Waals surface area contributed by atoms with Crippen LogP contribution in [0.1, 0.15) is 6.42 Å². The Labute approximate surface area is 63.3 Å². The van der Waals surface area contributed by atoms with E-state index in [1.165, 1.54) is 0 Å². The third-order valence-electron chi connectivity index (χ3n) is 1.12. The van der Waals surface area contributed by atoms with Crippen molar-refractivity contribution in [1.82, 2.24) is 0 Å². The molecule has 0 aliphatic rings. The Kier molecular flexibility index (Phi) is 3.12. The summed E-state index contributed by atoms with van der Waals surface area (Å²) < 4.78 is 0.